The molecule has 3 rings (SSSR count). The molecule has 202 valence electrons. The third-order valence-electron chi connectivity index (χ3n) is 5.83. The summed E-state index contributed by atoms with van der Waals surface area (Å²) in [5.74, 6) is -0.568. The molecule has 1 N–H and O–H groups in total. The second-order valence-electron chi connectivity index (χ2n) is 8.44. The van der Waals surface area contributed by atoms with Gasteiger partial charge >= 0.3 is 0 Å². The Morgan fingerprint density at radius 3 is 2.21 bits per heavy atom. The van der Waals surface area contributed by atoms with Gasteiger partial charge in [-0.15, -0.1) is 0 Å². The Balaban J connectivity index is 2.07. The number of carbonyl (C=O) groups is 2. The van der Waals surface area contributed by atoms with Crippen molar-refractivity contribution in [2.75, 3.05) is 24.0 Å². The number of anilines is 1. The summed E-state index contributed by atoms with van der Waals surface area (Å²) in [7, 11) is -4.22. The van der Waals surface area contributed by atoms with Crippen LogP contribution < -0.4 is 14.4 Å². The standard InChI is InChI=1S/C28H32ClN3O5S/c1-4-30-28(34)21(3)31(19-22-11-7-6-8-12-22)27(33)20-32(25-13-9-10-14-26(25)37-5-2)38(35,36)24-17-15-23(29)16-18-24/h6-18,21H,4-5,19-20H2,1-3H3,(H,30,34)/t21-/m1/s1. The van der Waals surface area contributed by atoms with Gasteiger partial charge in [-0.1, -0.05) is 54.1 Å². The number of nitrogens with one attached hydrogen (secondary N) is 1. The first-order chi connectivity index (χ1) is 18.2. The second kappa shape index (κ2) is 13.3. The lowest BCUT2D eigenvalue weighted by Gasteiger charge is -2.32. The molecule has 3 aromatic carbocycles. The maximum absolute atomic E-state index is 13.9. The van der Waals surface area contributed by atoms with Crippen LogP contribution in [0.5, 0.6) is 5.75 Å². The summed E-state index contributed by atoms with van der Waals surface area (Å²) in [6, 6.07) is 20.7. The number of halogens is 1. The van der Waals surface area contributed by atoms with Crippen LogP contribution in [0.25, 0.3) is 0 Å². The zero-order valence-corrected chi connectivity index (χ0v) is 23.2. The normalized spacial score (nSPS) is 11.9. The van der Waals surface area contributed by atoms with Gasteiger partial charge in [-0.05, 0) is 62.7 Å². The highest BCUT2D eigenvalue weighted by molar-refractivity contribution is 7.92. The largest absolute Gasteiger partial charge is 0.492 e. The predicted octanol–water partition coefficient (Wildman–Crippen LogP) is 4.49. The van der Waals surface area contributed by atoms with E-state index in [0.717, 1.165) is 9.87 Å². The fourth-order valence-electron chi connectivity index (χ4n) is 3.87. The van der Waals surface area contributed by atoms with E-state index in [0.29, 0.717) is 23.9 Å². The zero-order valence-electron chi connectivity index (χ0n) is 21.6. The summed E-state index contributed by atoms with van der Waals surface area (Å²) < 4.78 is 34.5. The molecule has 0 aliphatic heterocycles. The van der Waals surface area contributed by atoms with Crippen molar-refractivity contribution in [2.24, 2.45) is 0 Å². The molecule has 0 aromatic heterocycles. The molecule has 0 radical (unpaired) electrons. The van der Waals surface area contributed by atoms with Gasteiger partial charge < -0.3 is 15.0 Å². The maximum atomic E-state index is 13.9. The Hall–Kier alpha value is -3.56. The lowest BCUT2D eigenvalue weighted by Crippen LogP contribution is -2.51. The molecule has 1 atom stereocenters. The van der Waals surface area contributed by atoms with Crippen molar-refractivity contribution in [1.82, 2.24) is 10.2 Å². The molecule has 0 aliphatic rings. The summed E-state index contributed by atoms with van der Waals surface area (Å²) >= 11 is 5.99. The minimum Gasteiger partial charge on any atom is -0.492 e. The predicted molar refractivity (Wildman–Crippen MR) is 149 cm³/mol. The summed E-state index contributed by atoms with van der Waals surface area (Å²) in [5.41, 5.74) is 1.02. The first-order valence-electron chi connectivity index (χ1n) is 12.3. The van der Waals surface area contributed by atoms with Crippen LogP contribution in [0.15, 0.2) is 83.8 Å². The van der Waals surface area contributed by atoms with Gasteiger partial charge in [-0.25, -0.2) is 8.42 Å². The molecule has 0 bridgehead atoms. The monoisotopic (exact) mass is 557 g/mol. The molecule has 2 amide bonds. The van der Waals surface area contributed by atoms with E-state index in [2.05, 4.69) is 5.32 Å². The average molecular weight is 558 g/mol. The molecule has 38 heavy (non-hydrogen) atoms. The van der Waals surface area contributed by atoms with Crippen LogP contribution in [0.1, 0.15) is 26.3 Å². The highest BCUT2D eigenvalue weighted by Gasteiger charge is 2.33. The summed E-state index contributed by atoms with van der Waals surface area (Å²) in [6.45, 7) is 5.47. The van der Waals surface area contributed by atoms with Crippen LogP contribution in [-0.4, -0.2) is 50.9 Å². The molecule has 0 unspecified atom stereocenters. The van der Waals surface area contributed by atoms with Gasteiger partial charge in [0, 0.05) is 18.1 Å². The van der Waals surface area contributed by atoms with E-state index in [1.165, 1.54) is 29.2 Å². The minimum atomic E-state index is -4.22. The summed E-state index contributed by atoms with van der Waals surface area (Å²) in [4.78, 5) is 28.0. The fourth-order valence-corrected chi connectivity index (χ4v) is 5.42. The SMILES string of the molecule is CCNC(=O)[C@@H](C)N(Cc1ccccc1)C(=O)CN(c1ccccc1OCC)S(=O)(=O)c1ccc(Cl)cc1. The molecule has 0 saturated heterocycles. The van der Waals surface area contributed by atoms with E-state index in [4.69, 9.17) is 16.3 Å². The Labute approximate surface area is 229 Å². The smallest absolute Gasteiger partial charge is 0.264 e. The van der Waals surface area contributed by atoms with Crippen LogP contribution in [0.3, 0.4) is 0 Å². The number of nitrogens with zero attached hydrogens (tertiary/aromatic N) is 2. The molecule has 0 spiro atoms. The van der Waals surface area contributed by atoms with Crippen molar-refractivity contribution in [3.63, 3.8) is 0 Å². The van der Waals surface area contributed by atoms with Crippen molar-refractivity contribution >= 4 is 39.1 Å². The number of sulfonamides is 1. The minimum absolute atomic E-state index is 0.0348. The lowest BCUT2D eigenvalue weighted by molar-refractivity contribution is -0.139. The van der Waals surface area contributed by atoms with Crippen molar-refractivity contribution in [3.8, 4) is 5.75 Å². The third kappa shape index (κ3) is 7.05. The topological polar surface area (TPSA) is 96.0 Å². The van der Waals surface area contributed by atoms with Gasteiger partial charge in [0.15, 0.2) is 0 Å². The number of carbonyl (C=O) groups excluding carboxylic acids is 2. The van der Waals surface area contributed by atoms with E-state index in [9.17, 15) is 18.0 Å². The average Bonchev–Trinajstić information content (AvgIpc) is 2.91. The van der Waals surface area contributed by atoms with Crippen molar-refractivity contribution < 1.29 is 22.7 Å². The van der Waals surface area contributed by atoms with E-state index >= 15 is 0 Å². The van der Waals surface area contributed by atoms with Crippen LogP contribution in [0, 0.1) is 0 Å². The quantitative estimate of drug-likeness (QED) is 0.354. The first kappa shape index (κ1) is 29.0. The molecule has 0 saturated carbocycles. The number of ether oxygens (including phenoxy) is 1. The first-order valence-corrected chi connectivity index (χ1v) is 14.1. The number of likely N-dealkylation sites (N-methyl/N-ethyl adjacent to an activating group) is 1. The molecule has 3 aromatic rings. The fraction of sp³-hybridized carbons (Fsp3) is 0.286. The van der Waals surface area contributed by atoms with Crippen LogP contribution in [-0.2, 0) is 26.2 Å². The van der Waals surface area contributed by atoms with E-state index < -0.39 is 28.5 Å². The zero-order chi connectivity index (χ0) is 27.7. The van der Waals surface area contributed by atoms with Gasteiger partial charge in [0.2, 0.25) is 11.8 Å². The number of amides is 2. The third-order valence-corrected chi connectivity index (χ3v) is 7.85. The lowest BCUT2D eigenvalue weighted by atomic mass is 10.1. The van der Waals surface area contributed by atoms with E-state index in [1.54, 1.807) is 45.0 Å². The van der Waals surface area contributed by atoms with Crippen LogP contribution in [0.2, 0.25) is 5.02 Å². The van der Waals surface area contributed by atoms with Gasteiger partial charge in [0.1, 0.15) is 18.3 Å². The number of hydrogen-bond donors (Lipinski definition) is 1. The Bertz CT molecular complexity index is 1330. The Kier molecular flexibility index (Phi) is 10.2. The number of benzene rings is 3. The van der Waals surface area contributed by atoms with Crippen molar-refractivity contribution in [2.45, 2.75) is 38.3 Å². The summed E-state index contributed by atoms with van der Waals surface area (Å²) in [5, 5.41) is 3.12. The molecule has 10 heteroatoms. The van der Waals surface area contributed by atoms with Gasteiger partial charge in [-0.3, -0.25) is 13.9 Å². The van der Waals surface area contributed by atoms with E-state index in [1.807, 2.05) is 30.3 Å². The highest BCUT2D eigenvalue weighted by atomic mass is 35.5. The molecular formula is C28H32ClN3O5S. The van der Waals surface area contributed by atoms with Crippen molar-refractivity contribution in [3.05, 3.63) is 89.4 Å². The number of rotatable bonds is 12. The Morgan fingerprint density at radius 2 is 1.58 bits per heavy atom. The number of para-hydroxylation sites is 2. The molecule has 0 fully saturated rings. The molecular weight excluding hydrogens is 526 g/mol. The summed E-state index contributed by atoms with van der Waals surface area (Å²) in [6.07, 6.45) is 0. The maximum Gasteiger partial charge on any atom is 0.264 e. The van der Waals surface area contributed by atoms with Gasteiger partial charge in [-0.2, -0.15) is 0 Å². The molecule has 8 nitrogen and oxygen atoms in total. The molecule has 0 heterocycles. The highest BCUT2D eigenvalue weighted by Crippen LogP contribution is 2.33. The molecule has 0 aliphatic carbocycles. The van der Waals surface area contributed by atoms with Gasteiger partial charge in [0.25, 0.3) is 10.0 Å². The van der Waals surface area contributed by atoms with Crippen molar-refractivity contribution in [1.29, 1.82) is 0 Å². The van der Waals surface area contributed by atoms with Crippen LogP contribution >= 0.6 is 11.6 Å². The van der Waals surface area contributed by atoms with Crippen LogP contribution in [0.4, 0.5) is 5.69 Å². The Morgan fingerprint density at radius 1 is 0.947 bits per heavy atom. The second-order valence-corrected chi connectivity index (χ2v) is 10.7. The van der Waals surface area contributed by atoms with E-state index in [-0.39, 0.29) is 23.0 Å². The number of hydrogen-bond acceptors (Lipinski definition) is 5. The van der Waals surface area contributed by atoms with Gasteiger partial charge in [0.05, 0.1) is 17.2 Å².